The summed E-state index contributed by atoms with van der Waals surface area (Å²) in [5.41, 5.74) is 4.25. The Hall–Kier alpha value is -1.93. The summed E-state index contributed by atoms with van der Waals surface area (Å²) in [6, 6.07) is 0. The number of hydrogen-bond donors (Lipinski definition) is 4. The topological polar surface area (TPSA) is 109 Å². The lowest BCUT2D eigenvalue weighted by atomic mass is 10.2. The molecule has 0 aliphatic carbocycles. The monoisotopic (exact) mass is 294 g/mol. The minimum Gasteiger partial charge on any atom is -0.364 e. The third kappa shape index (κ3) is 3.14. The maximum atomic E-state index is 11.1. The van der Waals surface area contributed by atoms with Crippen molar-refractivity contribution >= 4 is 23.0 Å². The summed E-state index contributed by atoms with van der Waals surface area (Å²) in [6.45, 7) is 6.42. The van der Waals surface area contributed by atoms with Crippen LogP contribution in [0.3, 0.4) is 0 Å². The maximum Gasteiger partial charge on any atom is 0.304 e. The summed E-state index contributed by atoms with van der Waals surface area (Å²) in [6.07, 6.45) is 0. The van der Waals surface area contributed by atoms with Crippen molar-refractivity contribution in [1.82, 2.24) is 15.0 Å². The molecule has 0 bridgehead atoms. The van der Waals surface area contributed by atoms with Crippen LogP contribution in [0.15, 0.2) is 10.2 Å². The van der Waals surface area contributed by atoms with Crippen LogP contribution in [0.2, 0.25) is 0 Å². The van der Waals surface area contributed by atoms with Gasteiger partial charge in [-0.1, -0.05) is 25.2 Å². The minimum atomic E-state index is -0.0617. The molecule has 0 unspecified atom stereocenters. The number of nitrogens with zero attached hydrogens (tertiary/aromatic N) is 2. The highest BCUT2D eigenvalue weighted by Gasteiger charge is 2.12. The third-order valence-corrected chi connectivity index (χ3v) is 3.55. The molecule has 20 heavy (non-hydrogen) atoms. The van der Waals surface area contributed by atoms with Gasteiger partial charge < -0.3 is 15.7 Å². The molecule has 5 N–H and O–H groups in total. The van der Waals surface area contributed by atoms with Gasteiger partial charge in [-0.05, 0) is 6.92 Å². The highest BCUT2D eigenvalue weighted by molar-refractivity contribution is 7.07. The molecular weight excluding hydrogens is 276 g/mol. The van der Waals surface area contributed by atoms with Gasteiger partial charge in [-0.15, -0.1) is 0 Å². The van der Waals surface area contributed by atoms with E-state index in [0.29, 0.717) is 24.0 Å². The molecule has 2 rings (SSSR count). The molecule has 0 fully saturated rings. The van der Waals surface area contributed by atoms with Crippen molar-refractivity contribution in [3.8, 4) is 0 Å². The smallest absolute Gasteiger partial charge is 0.304 e. The van der Waals surface area contributed by atoms with Gasteiger partial charge in [0.1, 0.15) is 17.5 Å². The predicted molar refractivity (Wildman–Crippen MR) is 80.9 cm³/mol. The lowest BCUT2D eigenvalue weighted by Crippen LogP contribution is -2.15. The van der Waals surface area contributed by atoms with Gasteiger partial charge in [-0.3, -0.25) is 4.79 Å². The third-order valence-electron chi connectivity index (χ3n) is 2.83. The van der Waals surface area contributed by atoms with E-state index in [-0.39, 0.29) is 10.8 Å². The van der Waals surface area contributed by atoms with E-state index >= 15 is 0 Å². The summed E-state index contributed by atoms with van der Waals surface area (Å²) in [5.74, 6) is 7.71. The Morgan fingerprint density at radius 2 is 2.10 bits per heavy atom. The molecule has 0 amide bonds. The first-order valence-corrected chi connectivity index (χ1v) is 7.15. The van der Waals surface area contributed by atoms with Crippen LogP contribution < -0.4 is 21.5 Å². The van der Waals surface area contributed by atoms with Crippen LogP contribution >= 0.6 is 11.3 Å². The fourth-order valence-corrected chi connectivity index (χ4v) is 2.27. The van der Waals surface area contributed by atoms with Gasteiger partial charge in [0.2, 0.25) is 0 Å². The maximum absolute atomic E-state index is 11.1. The van der Waals surface area contributed by atoms with Crippen molar-refractivity contribution in [1.29, 1.82) is 0 Å². The van der Waals surface area contributed by atoms with E-state index in [2.05, 4.69) is 25.7 Å². The second-order valence-corrected chi connectivity index (χ2v) is 5.57. The highest BCUT2D eigenvalue weighted by Crippen LogP contribution is 2.22. The van der Waals surface area contributed by atoms with E-state index < -0.39 is 0 Å². The number of hydrogen-bond acceptors (Lipinski definition) is 7. The Morgan fingerprint density at radius 1 is 1.40 bits per heavy atom. The van der Waals surface area contributed by atoms with Crippen LogP contribution in [0.25, 0.3) is 0 Å². The van der Waals surface area contributed by atoms with Crippen molar-refractivity contribution in [2.45, 2.75) is 33.2 Å². The van der Waals surface area contributed by atoms with Crippen LogP contribution in [-0.4, -0.2) is 15.0 Å². The fourth-order valence-electron chi connectivity index (χ4n) is 1.68. The number of anilines is 2. The lowest BCUT2D eigenvalue weighted by molar-refractivity contribution is 0.772. The van der Waals surface area contributed by atoms with Gasteiger partial charge in [-0.25, -0.2) is 15.8 Å². The molecule has 0 saturated carbocycles. The van der Waals surface area contributed by atoms with E-state index in [1.807, 2.05) is 20.8 Å². The standard InChI is InChI=1S/C12H18N6OS/c1-6(2)9-16-10(7(3)11(17-9)18-13)14-4-8-5-20-12(19)15-8/h5-6H,4,13H2,1-3H3,(H,15,19)(H2,14,16,17,18). The van der Waals surface area contributed by atoms with Crippen molar-refractivity contribution in [3.05, 3.63) is 32.1 Å². The zero-order valence-corrected chi connectivity index (χ0v) is 12.5. The summed E-state index contributed by atoms with van der Waals surface area (Å²) in [7, 11) is 0. The Labute approximate surface area is 120 Å². The first-order chi connectivity index (χ1) is 9.51. The number of nitrogens with one attached hydrogen (secondary N) is 3. The number of aromatic nitrogens is 3. The average Bonchev–Trinajstić information content (AvgIpc) is 2.83. The van der Waals surface area contributed by atoms with Gasteiger partial charge in [0, 0.05) is 22.6 Å². The van der Waals surface area contributed by atoms with Crippen molar-refractivity contribution in [2.24, 2.45) is 5.84 Å². The lowest BCUT2D eigenvalue weighted by Gasteiger charge is -2.14. The number of thiazole rings is 1. The summed E-state index contributed by atoms with van der Waals surface area (Å²) >= 11 is 1.14. The van der Waals surface area contributed by atoms with E-state index in [1.165, 1.54) is 0 Å². The molecule has 108 valence electrons. The summed E-state index contributed by atoms with van der Waals surface area (Å²) < 4.78 is 0. The number of rotatable bonds is 5. The average molecular weight is 294 g/mol. The number of H-pyrrole nitrogens is 1. The minimum absolute atomic E-state index is 0.0617. The second kappa shape index (κ2) is 6.02. The zero-order chi connectivity index (χ0) is 14.7. The van der Waals surface area contributed by atoms with Crippen LogP contribution in [-0.2, 0) is 6.54 Å². The SMILES string of the molecule is Cc1c(NN)nc(C(C)C)nc1NCc1csc(=O)[nH]1. The van der Waals surface area contributed by atoms with Gasteiger partial charge >= 0.3 is 4.87 Å². The fraction of sp³-hybridized carbons (Fsp3) is 0.417. The first kappa shape index (κ1) is 14.5. The first-order valence-electron chi connectivity index (χ1n) is 6.27. The Morgan fingerprint density at radius 3 is 2.65 bits per heavy atom. The zero-order valence-electron chi connectivity index (χ0n) is 11.7. The van der Waals surface area contributed by atoms with Crippen molar-refractivity contribution < 1.29 is 0 Å². The molecule has 8 heteroatoms. The number of aromatic amines is 1. The van der Waals surface area contributed by atoms with E-state index in [4.69, 9.17) is 5.84 Å². The highest BCUT2D eigenvalue weighted by atomic mass is 32.1. The second-order valence-electron chi connectivity index (χ2n) is 4.73. The molecule has 0 aliphatic heterocycles. The van der Waals surface area contributed by atoms with Crippen molar-refractivity contribution in [2.75, 3.05) is 10.7 Å². The van der Waals surface area contributed by atoms with Crippen LogP contribution in [0.1, 0.15) is 36.8 Å². The van der Waals surface area contributed by atoms with Gasteiger partial charge in [-0.2, -0.15) is 0 Å². The van der Waals surface area contributed by atoms with Gasteiger partial charge in [0.15, 0.2) is 0 Å². The molecule has 2 aromatic heterocycles. The van der Waals surface area contributed by atoms with Gasteiger partial charge in [0.05, 0.1) is 6.54 Å². The molecule has 0 atom stereocenters. The van der Waals surface area contributed by atoms with Crippen molar-refractivity contribution in [3.63, 3.8) is 0 Å². The van der Waals surface area contributed by atoms with Gasteiger partial charge in [0.25, 0.3) is 0 Å². The van der Waals surface area contributed by atoms with Crippen LogP contribution in [0, 0.1) is 6.92 Å². The van der Waals surface area contributed by atoms with E-state index in [0.717, 1.165) is 22.6 Å². The summed E-state index contributed by atoms with van der Waals surface area (Å²) in [4.78, 5) is 22.6. The Bertz CT molecular complexity index is 648. The van der Waals surface area contributed by atoms with Crippen LogP contribution in [0.4, 0.5) is 11.6 Å². The van der Waals surface area contributed by atoms with E-state index in [1.54, 1.807) is 5.38 Å². The Balaban J connectivity index is 2.25. The molecule has 2 heterocycles. The molecular formula is C12H18N6OS. The van der Waals surface area contributed by atoms with Crippen LogP contribution in [0.5, 0.6) is 0 Å². The molecule has 7 nitrogen and oxygen atoms in total. The quantitative estimate of drug-likeness (QED) is 0.492. The molecule has 0 saturated heterocycles. The van der Waals surface area contributed by atoms with E-state index in [9.17, 15) is 4.79 Å². The molecule has 2 aromatic rings. The predicted octanol–water partition coefficient (Wildman–Crippen LogP) is 1.56. The Kier molecular flexibility index (Phi) is 4.35. The molecule has 0 aromatic carbocycles. The number of nitrogen functional groups attached to an aromatic ring is 1. The normalized spacial score (nSPS) is 10.8. The largest absolute Gasteiger partial charge is 0.364 e. The molecule has 0 radical (unpaired) electrons. The summed E-state index contributed by atoms with van der Waals surface area (Å²) in [5, 5.41) is 4.99. The molecule has 0 aliphatic rings. The number of hydrazine groups is 1. The molecule has 0 spiro atoms. The number of nitrogens with two attached hydrogens (primary N) is 1.